The van der Waals surface area contributed by atoms with Crippen molar-refractivity contribution in [2.45, 2.75) is 59.9 Å². The number of para-hydroxylation sites is 1. The maximum absolute atomic E-state index is 5.16. The van der Waals surface area contributed by atoms with Crippen LogP contribution in [-0.2, 0) is 5.41 Å². The van der Waals surface area contributed by atoms with Crippen LogP contribution in [-0.4, -0.2) is 9.78 Å². The molecule has 0 aliphatic carbocycles. The fourth-order valence-corrected chi connectivity index (χ4v) is 4.86. The van der Waals surface area contributed by atoms with Gasteiger partial charge in [-0.25, -0.2) is 0 Å². The molecule has 0 N–H and O–H groups in total. The zero-order chi connectivity index (χ0) is 24.2. The van der Waals surface area contributed by atoms with E-state index in [9.17, 15) is 0 Å². The molecule has 0 atom stereocenters. The van der Waals surface area contributed by atoms with Crippen LogP contribution in [0.3, 0.4) is 0 Å². The summed E-state index contributed by atoms with van der Waals surface area (Å²) in [6, 6.07) is 24.5. The van der Waals surface area contributed by atoms with Gasteiger partial charge in [-0.15, -0.1) is 0 Å². The van der Waals surface area contributed by atoms with Gasteiger partial charge in [-0.2, -0.15) is 9.67 Å². The van der Waals surface area contributed by atoms with Gasteiger partial charge >= 0.3 is 0 Å². The number of nitrogens with zero attached hydrogens (tertiary/aromatic N) is 3. The molecule has 0 radical (unpaired) electrons. The van der Waals surface area contributed by atoms with Crippen molar-refractivity contribution in [1.29, 1.82) is 0 Å². The van der Waals surface area contributed by atoms with E-state index in [1.54, 1.807) is 0 Å². The van der Waals surface area contributed by atoms with Crippen LogP contribution in [0.15, 0.2) is 72.9 Å². The fraction of sp³-hybridized carbons (Fsp3) is 0.290. The molecule has 0 saturated heterocycles. The van der Waals surface area contributed by atoms with Crippen LogP contribution in [0.25, 0.3) is 38.6 Å². The molecule has 0 amide bonds. The van der Waals surface area contributed by atoms with Crippen molar-refractivity contribution in [3.05, 3.63) is 89.7 Å². The average molecular weight is 449 g/mol. The molecule has 0 unspecified atom stereocenters. The van der Waals surface area contributed by atoms with Crippen molar-refractivity contribution in [3.63, 3.8) is 0 Å². The van der Waals surface area contributed by atoms with E-state index >= 15 is 0 Å². The minimum absolute atomic E-state index is 0.0128. The Morgan fingerprint density at radius 1 is 0.853 bits per heavy atom. The van der Waals surface area contributed by atoms with Gasteiger partial charge in [-0.05, 0) is 55.3 Å². The summed E-state index contributed by atoms with van der Waals surface area (Å²) in [6.45, 7) is 15.7. The topological polar surface area (TPSA) is 21.7 Å². The Kier molecular flexibility index (Phi) is 5.31. The lowest BCUT2D eigenvalue weighted by molar-refractivity contribution is -0.601. The van der Waals surface area contributed by atoms with E-state index in [1.807, 2.05) is 0 Å². The maximum atomic E-state index is 5.16. The van der Waals surface area contributed by atoms with E-state index in [1.165, 1.54) is 49.7 Å². The first-order valence-electron chi connectivity index (χ1n) is 12.2. The van der Waals surface area contributed by atoms with Gasteiger partial charge in [0, 0.05) is 47.0 Å². The molecule has 0 spiro atoms. The van der Waals surface area contributed by atoms with Gasteiger partial charge in [0.2, 0.25) is 5.69 Å². The Balaban J connectivity index is 1.84. The number of benzene rings is 3. The van der Waals surface area contributed by atoms with Crippen LogP contribution in [0.5, 0.6) is 0 Å². The molecule has 3 nitrogen and oxygen atoms in total. The summed E-state index contributed by atoms with van der Waals surface area (Å²) in [5.74, 6) is 0. The Hall–Kier alpha value is -3.46. The SMILES string of the molecule is Cc1c(-c2nn(C(C)C)c3ccccc23)cc(C(C)(C)C)cc1-[n+]1cc2ccccc2cc1C. The average Bonchev–Trinajstić information content (AvgIpc) is 3.18. The van der Waals surface area contributed by atoms with Gasteiger partial charge in [-0.3, -0.25) is 4.68 Å². The molecule has 5 rings (SSSR count). The van der Waals surface area contributed by atoms with Gasteiger partial charge in [0.15, 0.2) is 11.9 Å². The Labute approximate surface area is 202 Å². The molecular weight excluding hydrogens is 414 g/mol. The predicted octanol–water partition coefficient (Wildman–Crippen LogP) is 7.63. The Morgan fingerprint density at radius 3 is 2.24 bits per heavy atom. The lowest BCUT2D eigenvalue weighted by atomic mass is 9.84. The number of aryl methyl sites for hydroxylation is 1. The van der Waals surface area contributed by atoms with Crippen LogP contribution in [0.1, 0.15) is 57.5 Å². The summed E-state index contributed by atoms with van der Waals surface area (Å²) in [5, 5.41) is 8.87. The summed E-state index contributed by atoms with van der Waals surface area (Å²) >= 11 is 0. The molecule has 5 aromatic rings. The smallest absolute Gasteiger partial charge is 0.214 e. The van der Waals surface area contributed by atoms with Crippen LogP contribution >= 0.6 is 0 Å². The molecule has 2 heterocycles. The van der Waals surface area contributed by atoms with Crippen LogP contribution in [0.4, 0.5) is 0 Å². The van der Waals surface area contributed by atoms with E-state index < -0.39 is 0 Å². The number of hydrogen-bond acceptors (Lipinski definition) is 1. The molecule has 0 bridgehead atoms. The standard InChI is InChI=1S/C31H34N3/c1-20(2)34-28-15-11-10-14-26(28)30(32-34)27-17-25(31(5,6)7)18-29(22(27)4)33-19-24-13-9-8-12-23(24)16-21(33)3/h8-20H,1-7H3/q+1. The fourth-order valence-electron chi connectivity index (χ4n) is 4.86. The monoisotopic (exact) mass is 448 g/mol. The second kappa shape index (κ2) is 8.09. The van der Waals surface area contributed by atoms with Gasteiger partial charge in [-0.1, -0.05) is 57.2 Å². The molecule has 2 aromatic heterocycles. The second-order valence-electron chi connectivity index (χ2n) is 10.7. The molecule has 0 fully saturated rings. The quantitative estimate of drug-likeness (QED) is 0.260. The summed E-state index contributed by atoms with van der Waals surface area (Å²) < 4.78 is 4.50. The van der Waals surface area contributed by atoms with E-state index in [-0.39, 0.29) is 5.41 Å². The molecular formula is C31H34N3+. The summed E-state index contributed by atoms with van der Waals surface area (Å²) in [7, 11) is 0. The highest BCUT2D eigenvalue weighted by atomic mass is 15.3. The second-order valence-corrected chi connectivity index (χ2v) is 10.7. The van der Waals surface area contributed by atoms with Crippen LogP contribution in [0.2, 0.25) is 0 Å². The first kappa shape index (κ1) is 22.3. The van der Waals surface area contributed by atoms with Crippen molar-refractivity contribution in [2.75, 3.05) is 0 Å². The van der Waals surface area contributed by atoms with Gasteiger partial charge in [0.1, 0.15) is 5.69 Å². The summed E-state index contributed by atoms with van der Waals surface area (Å²) in [4.78, 5) is 0. The number of fused-ring (bicyclic) bond motifs is 2. The minimum Gasteiger partial charge on any atom is -0.262 e. The van der Waals surface area contributed by atoms with Gasteiger partial charge in [0.25, 0.3) is 0 Å². The first-order valence-corrected chi connectivity index (χ1v) is 12.2. The Bertz CT molecular complexity index is 1530. The van der Waals surface area contributed by atoms with E-state index in [4.69, 9.17) is 5.10 Å². The third-order valence-corrected chi connectivity index (χ3v) is 6.87. The van der Waals surface area contributed by atoms with E-state index in [0.29, 0.717) is 6.04 Å². The lowest BCUT2D eigenvalue weighted by Gasteiger charge is -2.21. The molecule has 0 saturated carbocycles. The van der Waals surface area contributed by atoms with Gasteiger partial charge < -0.3 is 0 Å². The number of pyridine rings is 1. The molecule has 34 heavy (non-hydrogen) atoms. The van der Waals surface area contributed by atoms with Crippen molar-refractivity contribution >= 4 is 21.7 Å². The molecule has 172 valence electrons. The van der Waals surface area contributed by atoms with Gasteiger partial charge in [0.05, 0.1) is 5.52 Å². The molecule has 3 aromatic carbocycles. The third-order valence-electron chi connectivity index (χ3n) is 6.87. The largest absolute Gasteiger partial charge is 0.262 e. The molecule has 0 aliphatic heterocycles. The third kappa shape index (κ3) is 3.69. The van der Waals surface area contributed by atoms with Crippen LogP contribution < -0.4 is 4.57 Å². The maximum Gasteiger partial charge on any atom is 0.214 e. The summed E-state index contributed by atoms with van der Waals surface area (Å²) in [5.41, 5.74) is 8.46. The highest BCUT2D eigenvalue weighted by molar-refractivity contribution is 5.94. The van der Waals surface area contributed by atoms with Crippen molar-refractivity contribution in [1.82, 2.24) is 9.78 Å². The number of aromatic nitrogens is 3. The van der Waals surface area contributed by atoms with Crippen molar-refractivity contribution in [3.8, 4) is 16.9 Å². The first-order chi connectivity index (χ1) is 16.1. The number of rotatable bonds is 3. The highest BCUT2D eigenvalue weighted by Crippen LogP contribution is 2.36. The normalized spacial score (nSPS) is 12.2. The Morgan fingerprint density at radius 2 is 1.53 bits per heavy atom. The zero-order valence-corrected chi connectivity index (χ0v) is 21.3. The van der Waals surface area contributed by atoms with E-state index in [2.05, 4.69) is 131 Å². The minimum atomic E-state index is 0.0128. The van der Waals surface area contributed by atoms with E-state index in [0.717, 1.165) is 5.69 Å². The van der Waals surface area contributed by atoms with Crippen LogP contribution in [0, 0.1) is 13.8 Å². The highest BCUT2D eigenvalue weighted by Gasteiger charge is 2.26. The van der Waals surface area contributed by atoms with Crippen molar-refractivity contribution < 1.29 is 4.57 Å². The summed E-state index contributed by atoms with van der Waals surface area (Å²) in [6.07, 6.45) is 2.27. The predicted molar refractivity (Wildman–Crippen MR) is 143 cm³/mol. The number of hydrogen-bond donors (Lipinski definition) is 0. The lowest BCUT2D eigenvalue weighted by Crippen LogP contribution is -2.35. The zero-order valence-electron chi connectivity index (χ0n) is 21.3. The molecule has 3 heteroatoms. The van der Waals surface area contributed by atoms with Crippen molar-refractivity contribution in [2.24, 2.45) is 0 Å². The molecule has 0 aliphatic rings.